The normalized spacial score (nSPS) is 13.6. The molecule has 0 radical (unpaired) electrons. The van der Waals surface area contributed by atoms with E-state index >= 15 is 0 Å². The van der Waals surface area contributed by atoms with Gasteiger partial charge in [0.15, 0.2) is 0 Å². The second-order valence-corrected chi connectivity index (χ2v) is 7.50. The highest BCUT2D eigenvalue weighted by molar-refractivity contribution is 4.66. The lowest BCUT2D eigenvalue weighted by Gasteiger charge is -2.34. The predicted molar refractivity (Wildman–Crippen MR) is 90.2 cm³/mol. The molecule has 0 heterocycles. The van der Waals surface area contributed by atoms with Crippen molar-refractivity contribution in [2.45, 2.75) is 117 Å². The van der Waals surface area contributed by atoms with Gasteiger partial charge in [0.25, 0.3) is 0 Å². The topological polar surface area (TPSA) is 36.9 Å². The highest BCUT2D eigenvalue weighted by Crippen LogP contribution is 2.28. The van der Waals surface area contributed by atoms with Crippen LogP contribution in [0, 0.1) is 0 Å². The minimum absolute atomic E-state index is 0.339. The van der Waals surface area contributed by atoms with E-state index in [4.69, 9.17) is 19.6 Å². The maximum absolute atomic E-state index is 5.66. The molecule has 0 rings (SSSR count). The molecule has 134 valence electrons. The molecule has 0 aliphatic heterocycles. The first kappa shape index (κ1) is 21.8. The minimum atomic E-state index is -0.882. The molecule has 0 saturated heterocycles. The molecule has 4 nitrogen and oxygen atoms in total. The molecule has 0 aromatic heterocycles. The van der Waals surface area contributed by atoms with Gasteiger partial charge in [-0.05, 0) is 53.9 Å². The van der Waals surface area contributed by atoms with E-state index < -0.39 is 5.79 Å². The van der Waals surface area contributed by atoms with Gasteiger partial charge in [0.05, 0.1) is 11.2 Å². The standard InChI is InChI=1S/C18H38O4/c1-9-12-13-14-15-18(8,21-19-16(4,5)10-2)22-20-17(6,7)11-3/h9-15H2,1-8H3. The van der Waals surface area contributed by atoms with Gasteiger partial charge in [0.1, 0.15) is 0 Å². The zero-order valence-corrected chi connectivity index (χ0v) is 16.1. The third-order valence-corrected chi connectivity index (χ3v) is 4.07. The van der Waals surface area contributed by atoms with Crippen LogP contribution in [0.3, 0.4) is 0 Å². The van der Waals surface area contributed by atoms with Crippen molar-refractivity contribution in [1.29, 1.82) is 0 Å². The van der Waals surface area contributed by atoms with E-state index in [0.29, 0.717) is 0 Å². The first-order valence-electron chi connectivity index (χ1n) is 8.83. The SMILES string of the molecule is CCCCCCC(C)(OOC(C)(C)CC)OOC(C)(C)CC. The fourth-order valence-corrected chi connectivity index (χ4v) is 1.49. The monoisotopic (exact) mass is 318 g/mol. The molecular weight excluding hydrogens is 280 g/mol. The Morgan fingerprint density at radius 2 is 1.05 bits per heavy atom. The fourth-order valence-electron chi connectivity index (χ4n) is 1.49. The Kier molecular flexibility index (Phi) is 9.79. The second kappa shape index (κ2) is 9.86. The molecule has 0 aliphatic rings. The molecule has 0 saturated carbocycles. The fraction of sp³-hybridized carbons (Fsp3) is 1.00. The summed E-state index contributed by atoms with van der Waals surface area (Å²) in [6.45, 7) is 16.2. The Bertz CT molecular complexity index is 267. The van der Waals surface area contributed by atoms with Gasteiger partial charge in [-0.3, -0.25) is 0 Å². The highest BCUT2D eigenvalue weighted by Gasteiger charge is 2.34. The van der Waals surface area contributed by atoms with Crippen molar-refractivity contribution in [2.24, 2.45) is 0 Å². The lowest BCUT2D eigenvalue weighted by molar-refractivity contribution is -0.540. The third-order valence-electron chi connectivity index (χ3n) is 4.07. The average molecular weight is 318 g/mol. The Morgan fingerprint density at radius 1 is 0.591 bits per heavy atom. The van der Waals surface area contributed by atoms with Crippen LogP contribution in [0.2, 0.25) is 0 Å². The molecular formula is C18H38O4. The van der Waals surface area contributed by atoms with Crippen molar-refractivity contribution >= 4 is 0 Å². The molecule has 22 heavy (non-hydrogen) atoms. The van der Waals surface area contributed by atoms with Crippen LogP contribution in [0.4, 0.5) is 0 Å². The molecule has 0 unspecified atom stereocenters. The van der Waals surface area contributed by atoms with Crippen LogP contribution >= 0.6 is 0 Å². The number of hydrogen-bond acceptors (Lipinski definition) is 4. The summed E-state index contributed by atoms with van der Waals surface area (Å²) < 4.78 is 0. The summed E-state index contributed by atoms with van der Waals surface area (Å²) in [5.41, 5.74) is -0.678. The molecule has 0 spiro atoms. The van der Waals surface area contributed by atoms with Crippen LogP contribution in [-0.4, -0.2) is 17.0 Å². The van der Waals surface area contributed by atoms with Crippen LogP contribution in [0.5, 0.6) is 0 Å². The van der Waals surface area contributed by atoms with Gasteiger partial charge < -0.3 is 0 Å². The first-order valence-corrected chi connectivity index (χ1v) is 8.83. The molecule has 0 aromatic rings. The van der Waals surface area contributed by atoms with E-state index in [1.807, 2.05) is 34.6 Å². The average Bonchev–Trinajstić information content (AvgIpc) is 2.48. The maximum atomic E-state index is 5.66. The molecule has 0 aliphatic carbocycles. The molecule has 4 heteroatoms. The number of hydrogen-bond donors (Lipinski definition) is 0. The van der Waals surface area contributed by atoms with E-state index in [1.54, 1.807) is 0 Å². The molecule has 0 bridgehead atoms. The summed E-state index contributed by atoms with van der Waals surface area (Å²) in [6.07, 6.45) is 7.08. The van der Waals surface area contributed by atoms with Gasteiger partial charge in [-0.1, -0.05) is 40.0 Å². The molecule has 0 aromatic carbocycles. The van der Waals surface area contributed by atoms with Crippen molar-refractivity contribution in [2.75, 3.05) is 0 Å². The van der Waals surface area contributed by atoms with Crippen molar-refractivity contribution in [3.05, 3.63) is 0 Å². The summed E-state index contributed by atoms with van der Waals surface area (Å²) in [7, 11) is 0. The van der Waals surface area contributed by atoms with Crippen molar-refractivity contribution < 1.29 is 19.6 Å². The summed E-state index contributed by atoms with van der Waals surface area (Å²) in [5, 5.41) is 0. The lowest BCUT2D eigenvalue weighted by atomic mass is 10.1. The molecule has 0 N–H and O–H groups in total. The van der Waals surface area contributed by atoms with Crippen molar-refractivity contribution in [3.63, 3.8) is 0 Å². The number of rotatable bonds is 13. The summed E-state index contributed by atoms with van der Waals surface area (Å²) in [6, 6.07) is 0. The summed E-state index contributed by atoms with van der Waals surface area (Å²) in [5.74, 6) is -0.882. The van der Waals surface area contributed by atoms with E-state index in [0.717, 1.165) is 32.1 Å². The number of unbranched alkanes of at least 4 members (excludes halogenated alkanes) is 3. The van der Waals surface area contributed by atoms with E-state index in [1.165, 1.54) is 12.8 Å². The smallest absolute Gasteiger partial charge is 0.228 e. The van der Waals surface area contributed by atoms with Gasteiger partial charge in [0.2, 0.25) is 5.79 Å². The Balaban J connectivity index is 4.59. The van der Waals surface area contributed by atoms with E-state index in [-0.39, 0.29) is 11.2 Å². The van der Waals surface area contributed by atoms with E-state index in [9.17, 15) is 0 Å². The van der Waals surface area contributed by atoms with Crippen LogP contribution in [0.15, 0.2) is 0 Å². The Morgan fingerprint density at radius 3 is 1.41 bits per heavy atom. The van der Waals surface area contributed by atoms with Crippen LogP contribution in [0.25, 0.3) is 0 Å². The van der Waals surface area contributed by atoms with Gasteiger partial charge in [-0.15, -0.1) is 0 Å². The van der Waals surface area contributed by atoms with Crippen molar-refractivity contribution in [1.82, 2.24) is 0 Å². The Labute approximate surface area is 137 Å². The molecule has 0 amide bonds. The summed E-state index contributed by atoms with van der Waals surface area (Å²) >= 11 is 0. The zero-order valence-electron chi connectivity index (χ0n) is 16.1. The molecule has 0 fully saturated rings. The van der Waals surface area contributed by atoms with Gasteiger partial charge in [-0.25, -0.2) is 9.78 Å². The van der Waals surface area contributed by atoms with Crippen LogP contribution < -0.4 is 0 Å². The zero-order chi connectivity index (χ0) is 17.3. The van der Waals surface area contributed by atoms with Gasteiger partial charge in [0, 0.05) is 6.42 Å². The van der Waals surface area contributed by atoms with Gasteiger partial charge in [-0.2, -0.15) is 9.78 Å². The third kappa shape index (κ3) is 9.78. The predicted octanol–water partition coefficient (Wildman–Crippen LogP) is 5.95. The van der Waals surface area contributed by atoms with Crippen LogP contribution in [-0.2, 0) is 19.6 Å². The maximum Gasteiger partial charge on any atom is 0.231 e. The van der Waals surface area contributed by atoms with E-state index in [2.05, 4.69) is 20.8 Å². The second-order valence-electron chi connectivity index (χ2n) is 7.50. The minimum Gasteiger partial charge on any atom is -0.228 e. The lowest BCUT2D eigenvalue weighted by Crippen LogP contribution is -2.39. The quantitative estimate of drug-likeness (QED) is 0.182. The highest BCUT2D eigenvalue weighted by atomic mass is 17.3. The molecule has 0 atom stereocenters. The summed E-state index contributed by atoms with van der Waals surface area (Å²) in [4.78, 5) is 22.5. The van der Waals surface area contributed by atoms with Crippen LogP contribution in [0.1, 0.15) is 100 Å². The largest absolute Gasteiger partial charge is 0.231 e. The Hall–Kier alpha value is -0.160. The van der Waals surface area contributed by atoms with Crippen molar-refractivity contribution in [3.8, 4) is 0 Å². The van der Waals surface area contributed by atoms with Gasteiger partial charge >= 0.3 is 0 Å². The first-order chi connectivity index (χ1) is 10.1.